The number of aromatic nitrogens is 3. The molecule has 0 atom stereocenters. The molecule has 1 aromatic heterocycles. The van der Waals surface area contributed by atoms with Crippen molar-refractivity contribution in [1.82, 2.24) is 15.0 Å². The Hall–Kier alpha value is -2.24. The number of rotatable bonds is 3. The molecule has 2 aromatic rings. The molecule has 17 heavy (non-hydrogen) atoms. The molecular weight excluding hydrogens is 225 g/mol. The van der Waals surface area contributed by atoms with Gasteiger partial charge in [-0.05, 0) is 30.7 Å². The van der Waals surface area contributed by atoms with Crippen LogP contribution in [0.5, 0.6) is 0 Å². The third-order valence-electron chi connectivity index (χ3n) is 2.16. The van der Waals surface area contributed by atoms with E-state index in [-0.39, 0.29) is 12.2 Å². The Bertz CT molecular complexity index is 545. The smallest absolute Gasteiger partial charge is 0.309 e. The Kier molecular flexibility index (Phi) is 2.86. The van der Waals surface area contributed by atoms with Gasteiger partial charge < -0.3 is 5.11 Å². The number of aryl methyl sites for hydroxylation is 1. The summed E-state index contributed by atoms with van der Waals surface area (Å²) in [6.07, 6.45) is 1.27. The van der Waals surface area contributed by atoms with Crippen LogP contribution in [0.15, 0.2) is 24.4 Å². The van der Waals surface area contributed by atoms with Crippen molar-refractivity contribution in [3.8, 4) is 5.69 Å². The average Bonchev–Trinajstić information content (AvgIpc) is 2.63. The Morgan fingerprint density at radius 2 is 2.24 bits per heavy atom. The maximum Gasteiger partial charge on any atom is 0.309 e. The lowest BCUT2D eigenvalue weighted by molar-refractivity contribution is -0.136. The van der Waals surface area contributed by atoms with E-state index in [1.54, 1.807) is 13.0 Å². The van der Waals surface area contributed by atoms with Crippen molar-refractivity contribution in [2.45, 2.75) is 13.3 Å². The monoisotopic (exact) mass is 235 g/mol. The molecule has 0 fully saturated rings. The molecule has 5 nitrogen and oxygen atoms in total. The summed E-state index contributed by atoms with van der Waals surface area (Å²) in [5.74, 6) is -1.34. The van der Waals surface area contributed by atoms with E-state index in [0.29, 0.717) is 11.4 Å². The molecule has 0 amide bonds. The van der Waals surface area contributed by atoms with Crippen LogP contribution in [0.4, 0.5) is 4.39 Å². The van der Waals surface area contributed by atoms with E-state index in [1.807, 2.05) is 0 Å². The van der Waals surface area contributed by atoms with E-state index in [1.165, 1.54) is 23.0 Å². The molecule has 1 aromatic carbocycles. The minimum Gasteiger partial charge on any atom is -0.481 e. The van der Waals surface area contributed by atoms with E-state index in [0.717, 1.165) is 5.56 Å². The summed E-state index contributed by atoms with van der Waals surface area (Å²) in [6.45, 7) is 1.77. The minimum absolute atomic E-state index is 0.200. The third-order valence-corrected chi connectivity index (χ3v) is 2.16. The quantitative estimate of drug-likeness (QED) is 0.871. The van der Waals surface area contributed by atoms with Gasteiger partial charge in [-0.2, -0.15) is 0 Å². The van der Waals surface area contributed by atoms with Crippen LogP contribution in [0, 0.1) is 12.7 Å². The molecule has 0 aliphatic carbocycles. The summed E-state index contributed by atoms with van der Waals surface area (Å²) in [7, 11) is 0. The predicted octanol–water partition coefficient (Wildman–Crippen LogP) is 1.34. The first-order valence-corrected chi connectivity index (χ1v) is 4.95. The fourth-order valence-corrected chi connectivity index (χ4v) is 1.51. The van der Waals surface area contributed by atoms with Crippen LogP contribution in [0.1, 0.15) is 11.3 Å². The topological polar surface area (TPSA) is 68.0 Å². The number of carbonyl (C=O) groups is 1. The summed E-state index contributed by atoms with van der Waals surface area (Å²) in [5, 5.41) is 16.1. The molecule has 0 bridgehead atoms. The van der Waals surface area contributed by atoms with Crippen LogP contribution in [-0.4, -0.2) is 26.1 Å². The second kappa shape index (κ2) is 4.32. The summed E-state index contributed by atoms with van der Waals surface area (Å²) < 4.78 is 14.5. The summed E-state index contributed by atoms with van der Waals surface area (Å²) in [5.41, 5.74) is 1.61. The highest BCUT2D eigenvalue weighted by atomic mass is 19.1. The lowest BCUT2D eigenvalue weighted by Crippen LogP contribution is -2.00. The van der Waals surface area contributed by atoms with Crippen LogP contribution < -0.4 is 0 Å². The molecule has 0 saturated heterocycles. The molecular formula is C11H10FN3O2. The highest BCUT2D eigenvalue weighted by Gasteiger charge is 2.07. The Morgan fingerprint density at radius 3 is 2.88 bits per heavy atom. The number of nitrogens with zero attached hydrogens (tertiary/aromatic N) is 3. The summed E-state index contributed by atoms with van der Waals surface area (Å²) >= 11 is 0. The fourth-order valence-electron chi connectivity index (χ4n) is 1.51. The molecule has 2 rings (SSSR count). The normalized spacial score (nSPS) is 10.5. The van der Waals surface area contributed by atoms with Gasteiger partial charge in [0.25, 0.3) is 0 Å². The van der Waals surface area contributed by atoms with Gasteiger partial charge in [0.05, 0.1) is 24.0 Å². The Labute approximate surface area is 96.5 Å². The molecule has 0 unspecified atom stereocenters. The Morgan fingerprint density at radius 1 is 1.47 bits per heavy atom. The Balaban J connectivity index is 2.33. The second-order valence-corrected chi connectivity index (χ2v) is 3.71. The van der Waals surface area contributed by atoms with Crippen molar-refractivity contribution in [2.75, 3.05) is 0 Å². The highest BCUT2D eigenvalue weighted by Crippen LogP contribution is 2.12. The van der Waals surface area contributed by atoms with Gasteiger partial charge in [0, 0.05) is 0 Å². The van der Waals surface area contributed by atoms with Gasteiger partial charge in [-0.25, -0.2) is 9.07 Å². The first kappa shape index (κ1) is 11.3. The SMILES string of the molecule is Cc1cc(F)cc(-n2cc(CC(=O)O)nn2)c1. The fraction of sp³-hybridized carbons (Fsp3) is 0.182. The van der Waals surface area contributed by atoms with Gasteiger partial charge in [-0.15, -0.1) is 5.10 Å². The summed E-state index contributed by atoms with van der Waals surface area (Å²) in [4.78, 5) is 10.5. The van der Waals surface area contributed by atoms with Crippen molar-refractivity contribution in [1.29, 1.82) is 0 Å². The van der Waals surface area contributed by atoms with Gasteiger partial charge in [0.2, 0.25) is 0 Å². The number of carboxylic acid groups (broad SMARTS) is 1. The number of halogens is 1. The van der Waals surface area contributed by atoms with Crippen molar-refractivity contribution < 1.29 is 14.3 Å². The predicted molar refractivity (Wildman–Crippen MR) is 57.4 cm³/mol. The molecule has 88 valence electrons. The van der Waals surface area contributed by atoms with Gasteiger partial charge >= 0.3 is 5.97 Å². The van der Waals surface area contributed by atoms with Crippen molar-refractivity contribution in [3.05, 3.63) is 41.5 Å². The lowest BCUT2D eigenvalue weighted by Gasteiger charge is -2.01. The van der Waals surface area contributed by atoms with E-state index < -0.39 is 5.97 Å². The molecule has 0 spiro atoms. The maximum atomic E-state index is 13.2. The lowest BCUT2D eigenvalue weighted by atomic mass is 10.2. The number of benzene rings is 1. The van der Waals surface area contributed by atoms with Gasteiger partial charge in [0.15, 0.2) is 0 Å². The number of hydrogen-bond acceptors (Lipinski definition) is 3. The van der Waals surface area contributed by atoms with Crippen LogP contribution in [0.25, 0.3) is 5.69 Å². The number of carboxylic acids is 1. The van der Waals surface area contributed by atoms with Crippen molar-refractivity contribution in [2.24, 2.45) is 0 Å². The van der Waals surface area contributed by atoms with Crippen molar-refractivity contribution in [3.63, 3.8) is 0 Å². The number of hydrogen-bond donors (Lipinski definition) is 1. The van der Waals surface area contributed by atoms with Gasteiger partial charge in [0.1, 0.15) is 5.82 Å². The zero-order valence-corrected chi connectivity index (χ0v) is 9.09. The van der Waals surface area contributed by atoms with Crippen LogP contribution in [-0.2, 0) is 11.2 Å². The number of aliphatic carboxylic acids is 1. The molecule has 0 aliphatic heterocycles. The standard InChI is InChI=1S/C11H10FN3O2/c1-7-2-8(12)4-10(3-7)15-6-9(13-14-15)5-11(16)17/h2-4,6H,5H2,1H3,(H,16,17). The average molecular weight is 235 g/mol. The van der Waals surface area contributed by atoms with E-state index in [2.05, 4.69) is 10.3 Å². The molecule has 0 radical (unpaired) electrons. The molecule has 1 N–H and O–H groups in total. The van der Waals surface area contributed by atoms with E-state index in [4.69, 9.17) is 5.11 Å². The van der Waals surface area contributed by atoms with Crippen molar-refractivity contribution >= 4 is 5.97 Å². The summed E-state index contributed by atoms with van der Waals surface area (Å²) in [6, 6.07) is 4.45. The third kappa shape index (κ3) is 2.66. The van der Waals surface area contributed by atoms with Crippen LogP contribution >= 0.6 is 0 Å². The highest BCUT2D eigenvalue weighted by molar-refractivity contribution is 5.69. The van der Waals surface area contributed by atoms with Crippen LogP contribution in [0.2, 0.25) is 0 Å². The maximum absolute atomic E-state index is 13.2. The minimum atomic E-state index is -0.979. The van der Waals surface area contributed by atoms with Gasteiger partial charge in [-0.3, -0.25) is 4.79 Å². The van der Waals surface area contributed by atoms with E-state index in [9.17, 15) is 9.18 Å². The van der Waals surface area contributed by atoms with E-state index >= 15 is 0 Å². The zero-order chi connectivity index (χ0) is 12.4. The first-order valence-electron chi connectivity index (χ1n) is 4.95. The zero-order valence-electron chi connectivity index (χ0n) is 9.09. The van der Waals surface area contributed by atoms with Gasteiger partial charge in [-0.1, -0.05) is 5.21 Å². The molecule has 1 heterocycles. The largest absolute Gasteiger partial charge is 0.481 e. The van der Waals surface area contributed by atoms with Crippen LogP contribution in [0.3, 0.4) is 0 Å². The first-order chi connectivity index (χ1) is 8.04. The second-order valence-electron chi connectivity index (χ2n) is 3.71. The molecule has 0 aliphatic rings. The molecule has 6 heteroatoms. The molecule has 0 saturated carbocycles.